The highest BCUT2D eigenvalue weighted by atomic mass is 32.2. The normalized spacial score (nSPS) is 26.1. The predicted molar refractivity (Wildman–Crippen MR) is 191 cm³/mol. The number of amides is 3. The number of thiazole rings is 1. The van der Waals surface area contributed by atoms with E-state index in [-0.39, 0.29) is 47.0 Å². The third kappa shape index (κ3) is 6.06. The molecule has 8 atom stereocenters. The highest BCUT2D eigenvalue weighted by molar-refractivity contribution is 8.00. The molecule has 3 aromatic rings. The second kappa shape index (κ2) is 14.1. The van der Waals surface area contributed by atoms with Gasteiger partial charge in [-0.05, 0) is 85.9 Å². The van der Waals surface area contributed by atoms with E-state index in [0.29, 0.717) is 35.8 Å². The number of carbonyl (C=O) groups is 5. The van der Waals surface area contributed by atoms with Crippen LogP contribution in [0.15, 0.2) is 52.3 Å². The average Bonchev–Trinajstić information content (AvgIpc) is 3.84. The minimum atomic E-state index is -1.23. The molecule has 7 unspecified atom stereocenters. The SMILES string of the molecule is CCOC(=O)c1ccc(NC(=O)COc2ccc([C@H]3c4sc(=O)[nH]c4SC4C5CC(C6C(=O)N(C(C(=O)O)C(C)C)C(=O)C56)C43)cc2OCC)cc1. The van der Waals surface area contributed by atoms with Crippen molar-refractivity contribution in [2.45, 2.75) is 56.4 Å². The molecule has 1 saturated heterocycles. The first-order valence-corrected chi connectivity index (χ1v) is 19.1. The molecular formula is C37H39N3O10S2. The number of carboxylic acid groups (broad SMARTS) is 1. The van der Waals surface area contributed by atoms with Crippen LogP contribution in [-0.2, 0) is 23.9 Å². The van der Waals surface area contributed by atoms with Crippen LogP contribution >= 0.6 is 23.1 Å². The number of nitrogens with zero attached hydrogens (tertiary/aromatic N) is 1. The number of thioether (sulfide) groups is 1. The lowest BCUT2D eigenvalue weighted by atomic mass is 9.68. The van der Waals surface area contributed by atoms with E-state index in [1.54, 1.807) is 62.9 Å². The number of likely N-dealkylation sites (tertiary alicyclic amines) is 1. The van der Waals surface area contributed by atoms with Gasteiger partial charge in [-0.15, -0.1) is 11.8 Å². The van der Waals surface area contributed by atoms with Gasteiger partial charge in [0, 0.05) is 21.7 Å². The second-order valence-electron chi connectivity index (χ2n) is 13.8. The third-order valence-electron chi connectivity index (χ3n) is 10.6. The molecule has 2 aromatic carbocycles. The molecule has 4 aliphatic rings. The Hall–Kier alpha value is -4.63. The van der Waals surface area contributed by atoms with Gasteiger partial charge in [-0.1, -0.05) is 31.3 Å². The number of aromatic nitrogens is 1. The Morgan fingerprint density at radius 3 is 2.33 bits per heavy atom. The van der Waals surface area contributed by atoms with Crippen molar-refractivity contribution in [3.8, 4) is 11.5 Å². The van der Waals surface area contributed by atoms with Crippen molar-refractivity contribution in [3.05, 3.63) is 68.1 Å². The van der Waals surface area contributed by atoms with Gasteiger partial charge in [0.2, 0.25) is 11.8 Å². The van der Waals surface area contributed by atoms with E-state index < -0.39 is 53.5 Å². The number of carboxylic acids is 1. The van der Waals surface area contributed by atoms with E-state index in [2.05, 4.69) is 10.3 Å². The monoisotopic (exact) mass is 749 g/mol. The Bertz CT molecular complexity index is 1990. The number of anilines is 1. The molecule has 2 saturated carbocycles. The number of hydrogen-bond acceptors (Lipinski definition) is 11. The average molecular weight is 750 g/mol. The van der Waals surface area contributed by atoms with Gasteiger partial charge in [-0.3, -0.25) is 24.1 Å². The number of fused-ring (bicyclic) bond motifs is 9. The zero-order chi connectivity index (χ0) is 37.0. The summed E-state index contributed by atoms with van der Waals surface area (Å²) in [6.45, 7) is 7.21. The molecule has 2 aliphatic heterocycles. The Morgan fingerprint density at radius 1 is 0.962 bits per heavy atom. The molecule has 2 bridgehead atoms. The standard InChI is InChI=1S/C37H39N3O10S2/c1-5-48-23-13-18(9-12-22(23)50-15-24(41)38-19-10-7-17(8-11-19)36(46)49-6-2)25-26-20-14-21(30(26)51-32-31(25)52-37(47)39-32)28-27(20)33(42)40(34(28)43)29(16(3)4)35(44)45/h7-13,16,20-21,25-30H,5-6,14-15H2,1-4H3,(H,38,41)(H,39,47)(H,44,45)/t20?,21?,25-,26?,27?,28?,29?,30?/m1/s1. The van der Waals surface area contributed by atoms with E-state index >= 15 is 0 Å². The van der Waals surface area contributed by atoms with Gasteiger partial charge in [0.25, 0.3) is 5.91 Å². The van der Waals surface area contributed by atoms with E-state index in [1.165, 1.54) is 0 Å². The number of ether oxygens (including phenoxy) is 3. The van der Waals surface area contributed by atoms with Crippen molar-refractivity contribution in [2.75, 3.05) is 25.1 Å². The maximum Gasteiger partial charge on any atom is 0.338 e. The van der Waals surface area contributed by atoms with Crippen LogP contribution in [0.3, 0.4) is 0 Å². The molecule has 1 aromatic heterocycles. The van der Waals surface area contributed by atoms with Crippen molar-refractivity contribution >= 4 is 58.4 Å². The Labute approximate surface area is 307 Å². The highest BCUT2D eigenvalue weighted by Crippen LogP contribution is 2.68. The molecule has 3 fully saturated rings. The van der Waals surface area contributed by atoms with E-state index in [0.717, 1.165) is 31.7 Å². The van der Waals surface area contributed by atoms with Crippen LogP contribution in [0.2, 0.25) is 0 Å². The summed E-state index contributed by atoms with van der Waals surface area (Å²) in [5, 5.41) is 13.4. The largest absolute Gasteiger partial charge is 0.490 e. The Kier molecular flexibility index (Phi) is 9.67. The molecule has 3 amide bonds. The molecule has 7 rings (SSSR count). The molecular weight excluding hydrogens is 711 g/mol. The molecule has 15 heteroatoms. The molecule has 0 spiro atoms. The van der Waals surface area contributed by atoms with Crippen LogP contribution < -0.4 is 19.7 Å². The summed E-state index contributed by atoms with van der Waals surface area (Å²) in [5.41, 5.74) is 1.69. The summed E-state index contributed by atoms with van der Waals surface area (Å²) in [6.07, 6.45) is 0.665. The number of benzene rings is 2. The minimum absolute atomic E-state index is 0.0745. The van der Waals surface area contributed by atoms with Crippen LogP contribution in [0.1, 0.15) is 60.8 Å². The summed E-state index contributed by atoms with van der Waals surface area (Å²) in [5.74, 6) is -4.52. The van der Waals surface area contributed by atoms with Crippen molar-refractivity contribution in [1.82, 2.24) is 9.88 Å². The summed E-state index contributed by atoms with van der Waals surface area (Å²) in [4.78, 5) is 82.2. The molecule has 3 N–H and O–H groups in total. The molecule has 13 nitrogen and oxygen atoms in total. The Morgan fingerprint density at radius 2 is 1.67 bits per heavy atom. The Balaban J connectivity index is 1.14. The number of rotatable bonds is 12. The van der Waals surface area contributed by atoms with Crippen LogP contribution in [0, 0.1) is 35.5 Å². The first-order chi connectivity index (χ1) is 24.9. The maximum atomic E-state index is 14.0. The van der Waals surface area contributed by atoms with Gasteiger partial charge in [0.15, 0.2) is 18.1 Å². The van der Waals surface area contributed by atoms with Crippen LogP contribution in [0.5, 0.6) is 11.5 Å². The maximum absolute atomic E-state index is 14.0. The number of imide groups is 1. The summed E-state index contributed by atoms with van der Waals surface area (Å²) < 4.78 is 16.9. The van der Waals surface area contributed by atoms with Gasteiger partial charge in [0.05, 0.1) is 35.6 Å². The summed E-state index contributed by atoms with van der Waals surface area (Å²) in [6, 6.07) is 10.6. The van der Waals surface area contributed by atoms with Crippen molar-refractivity contribution < 1.29 is 43.3 Å². The zero-order valence-corrected chi connectivity index (χ0v) is 30.6. The number of aliphatic carboxylic acids is 1. The molecule has 52 heavy (non-hydrogen) atoms. The molecule has 0 radical (unpaired) electrons. The quantitative estimate of drug-likeness (QED) is 0.174. The van der Waals surface area contributed by atoms with Gasteiger partial charge in [-0.2, -0.15) is 0 Å². The van der Waals surface area contributed by atoms with E-state index in [4.69, 9.17) is 14.2 Å². The van der Waals surface area contributed by atoms with Crippen LogP contribution in [0.4, 0.5) is 5.69 Å². The fourth-order valence-corrected chi connectivity index (χ4v) is 11.6. The number of nitrogens with one attached hydrogen (secondary N) is 2. The third-order valence-corrected chi connectivity index (χ3v) is 13.2. The van der Waals surface area contributed by atoms with Gasteiger partial charge < -0.3 is 29.6 Å². The highest BCUT2D eigenvalue weighted by Gasteiger charge is 2.70. The van der Waals surface area contributed by atoms with E-state index in [1.807, 2.05) is 19.1 Å². The number of carbonyl (C=O) groups excluding carboxylic acids is 4. The number of hydrogen-bond donors (Lipinski definition) is 3. The predicted octanol–water partition coefficient (Wildman–Crippen LogP) is 4.61. The van der Waals surface area contributed by atoms with Crippen LogP contribution in [0.25, 0.3) is 0 Å². The van der Waals surface area contributed by atoms with Gasteiger partial charge >= 0.3 is 16.8 Å². The zero-order valence-electron chi connectivity index (χ0n) is 29.0. The van der Waals surface area contributed by atoms with Crippen molar-refractivity contribution in [2.24, 2.45) is 35.5 Å². The molecule has 274 valence electrons. The fourth-order valence-electron chi connectivity index (χ4n) is 8.73. The lowest BCUT2D eigenvalue weighted by Gasteiger charge is -2.43. The number of aromatic amines is 1. The van der Waals surface area contributed by atoms with Gasteiger partial charge in [-0.25, -0.2) is 9.59 Å². The first-order valence-electron chi connectivity index (χ1n) is 17.4. The molecule has 3 heterocycles. The molecule has 2 aliphatic carbocycles. The second-order valence-corrected chi connectivity index (χ2v) is 16.0. The summed E-state index contributed by atoms with van der Waals surface area (Å²) in [7, 11) is 0. The summed E-state index contributed by atoms with van der Waals surface area (Å²) >= 11 is 2.68. The van der Waals surface area contributed by atoms with Gasteiger partial charge in [0.1, 0.15) is 6.04 Å². The minimum Gasteiger partial charge on any atom is -0.490 e. The lowest BCUT2D eigenvalue weighted by molar-refractivity contribution is -0.157. The number of esters is 1. The topological polar surface area (TPSA) is 181 Å². The smallest absolute Gasteiger partial charge is 0.338 e. The number of H-pyrrole nitrogens is 1. The van der Waals surface area contributed by atoms with Crippen molar-refractivity contribution in [1.29, 1.82) is 0 Å². The first kappa shape index (κ1) is 35.8. The van der Waals surface area contributed by atoms with Crippen LogP contribution in [-0.4, -0.2) is 75.8 Å². The van der Waals surface area contributed by atoms with E-state index in [9.17, 15) is 33.9 Å². The lowest BCUT2D eigenvalue weighted by Crippen LogP contribution is -2.49. The van der Waals surface area contributed by atoms with Crippen molar-refractivity contribution in [3.63, 3.8) is 0 Å². The fraction of sp³-hybridized carbons (Fsp3) is 0.459.